The maximum atomic E-state index is 2.43. The van der Waals surface area contributed by atoms with Crippen LogP contribution in [0, 0.1) is 0 Å². The minimum atomic E-state index is 1.12. The van der Waals surface area contributed by atoms with E-state index in [2.05, 4.69) is 193 Å². The summed E-state index contributed by atoms with van der Waals surface area (Å²) in [5.74, 6) is 0. The van der Waals surface area contributed by atoms with Gasteiger partial charge in [0.25, 0.3) is 0 Å². The van der Waals surface area contributed by atoms with E-state index in [9.17, 15) is 0 Å². The van der Waals surface area contributed by atoms with Crippen molar-refractivity contribution in [1.29, 1.82) is 0 Å². The number of fused-ring (bicyclic) bond motifs is 10. The number of hydrogen-bond donors (Lipinski definition) is 0. The Morgan fingerprint density at radius 2 is 0.981 bits per heavy atom. The van der Waals surface area contributed by atoms with Gasteiger partial charge in [-0.05, 0) is 86.8 Å². The lowest BCUT2D eigenvalue weighted by Gasteiger charge is -2.28. The van der Waals surface area contributed by atoms with E-state index in [1.165, 1.54) is 84.1 Å². The number of hydrogen-bond acceptors (Lipinski definition) is 3. The third kappa shape index (κ3) is 4.97. The highest BCUT2D eigenvalue weighted by molar-refractivity contribution is 7.28. The largest absolute Gasteiger partial charge is 0.310 e. The molecule has 0 unspecified atom stereocenters. The van der Waals surface area contributed by atoms with Crippen LogP contribution in [-0.2, 0) is 0 Å². The third-order valence-corrected chi connectivity index (χ3v) is 13.0. The van der Waals surface area contributed by atoms with Gasteiger partial charge in [0.2, 0.25) is 0 Å². The highest BCUT2D eigenvalue weighted by Crippen LogP contribution is 2.48. The van der Waals surface area contributed by atoms with Gasteiger partial charge >= 0.3 is 0 Å². The van der Waals surface area contributed by atoms with Crippen LogP contribution < -0.4 is 4.90 Å². The zero-order valence-electron chi connectivity index (χ0n) is 28.7. The maximum Gasteiger partial charge on any atom is 0.0540 e. The Balaban J connectivity index is 1.09. The molecule has 0 amide bonds. The molecular formula is C50H31NS2. The van der Waals surface area contributed by atoms with Crippen LogP contribution in [0.3, 0.4) is 0 Å². The summed E-state index contributed by atoms with van der Waals surface area (Å²) in [5, 5.41) is 10.6. The van der Waals surface area contributed by atoms with Gasteiger partial charge in [0, 0.05) is 57.3 Å². The van der Waals surface area contributed by atoms with Crippen LogP contribution in [0.25, 0.3) is 84.1 Å². The molecule has 2 aromatic heterocycles. The van der Waals surface area contributed by atoms with Crippen molar-refractivity contribution in [2.75, 3.05) is 4.90 Å². The van der Waals surface area contributed by atoms with Gasteiger partial charge in [0.1, 0.15) is 0 Å². The van der Waals surface area contributed by atoms with Crippen molar-refractivity contribution in [1.82, 2.24) is 0 Å². The minimum Gasteiger partial charge on any atom is -0.310 e. The summed E-state index contributed by atoms with van der Waals surface area (Å²) in [6.45, 7) is 0. The molecule has 0 atom stereocenters. The number of para-hydroxylation sites is 1. The second-order valence-electron chi connectivity index (χ2n) is 13.7. The highest BCUT2D eigenvalue weighted by Gasteiger charge is 2.20. The summed E-state index contributed by atoms with van der Waals surface area (Å²) in [4.78, 5) is 2.43. The molecular weight excluding hydrogens is 679 g/mol. The van der Waals surface area contributed by atoms with Crippen LogP contribution in [-0.4, -0.2) is 0 Å². The zero-order valence-corrected chi connectivity index (χ0v) is 30.3. The molecule has 0 aliphatic rings. The smallest absolute Gasteiger partial charge is 0.0540 e. The summed E-state index contributed by atoms with van der Waals surface area (Å²) in [5.41, 5.74) is 8.23. The molecule has 0 saturated heterocycles. The molecule has 1 nitrogen and oxygen atoms in total. The Morgan fingerprint density at radius 3 is 1.85 bits per heavy atom. The number of benzene rings is 9. The maximum absolute atomic E-state index is 2.43. The van der Waals surface area contributed by atoms with Gasteiger partial charge in [-0.1, -0.05) is 140 Å². The normalized spacial score (nSPS) is 11.8. The van der Waals surface area contributed by atoms with Gasteiger partial charge in [0.05, 0.1) is 5.69 Å². The van der Waals surface area contributed by atoms with E-state index in [0.29, 0.717) is 0 Å². The monoisotopic (exact) mass is 709 g/mol. The average Bonchev–Trinajstić information content (AvgIpc) is 3.80. The van der Waals surface area contributed by atoms with Gasteiger partial charge in [-0.3, -0.25) is 0 Å². The van der Waals surface area contributed by atoms with Crippen LogP contribution in [0.4, 0.5) is 17.1 Å². The molecule has 0 saturated carbocycles. The van der Waals surface area contributed by atoms with Crippen molar-refractivity contribution >= 4 is 102 Å². The predicted octanol–water partition coefficient (Wildman–Crippen LogP) is 15.5. The van der Waals surface area contributed by atoms with Gasteiger partial charge in [-0.15, -0.1) is 22.7 Å². The Labute approximate surface area is 315 Å². The second-order valence-corrected chi connectivity index (χ2v) is 15.8. The molecule has 11 aromatic rings. The number of anilines is 3. The summed E-state index contributed by atoms with van der Waals surface area (Å²) < 4.78 is 5.34. The van der Waals surface area contributed by atoms with Crippen molar-refractivity contribution in [3.8, 4) is 22.3 Å². The lowest BCUT2D eigenvalue weighted by molar-refractivity contribution is 1.29. The fraction of sp³-hybridized carbons (Fsp3) is 0. The zero-order chi connectivity index (χ0) is 34.9. The van der Waals surface area contributed by atoms with E-state index in [0.717, 1.165) is 17.1 Å². The minimum absolute atomic E-state index is 1.12. The van der Waals surface area contributed by atoms with Crippen LogP contribution in [0.1, 0.15) is 0 Å². The van der Waals surface area contributed by atoms with Gasteiger partial charge in [-0.25, -0.2) is 0 Å². The molecule has 0 aliphatic heterocycles. The van der Waals surface area contributed by atoms with Gasteiger partial charge in [0.15, 0.2) is 0 Å². The van der Waals surface area contributed by atoms with E-state index in [-0.39, 0.29) is 0 Å². The summed E-state index contributed by atoms with van der Waals surface area (Å²) >= 11 is 3.81. The van der Waals surface area contributed by atoms with Gasteiger partial charge < -0.3 is 4.90 Å². The molecule has 2 heterocycles. The summed E-state index contributed by atoms with van der Waals surface area (Å²) in [6, 6.07) is 69.0. The first-order chi connectivity index (χ1) is 26.3. The number of thiophene rings is 2. The number of nitrogens with zero attached hydrogens (tertiary/aromatic N) is 1. The van der Waals surface area contributed by atoms with Crippen molar-refractivity contribution in [3.05, 3.63) is 188 Å². The average molecular weight is 710 g/mol. The van der Waals surface area contributed by atoms with Crippen LogP contribution in [0.5, 0.6) is 0 Å². The summed E-state index contributed by atoms with van der Waals surface area (Å²) in [7, 11) is 0. The lowest BCUT2D eigenvalue weighted by Crippen LogP contribution is -2.11. The first kappa shape index (κ1) is 30.4. The molecule has 0 spiro atoms. The van der Waals surface area contributed by atoms with E-state index in [4.69, 9.17) is 0 Å². The van der Waals surface area contributed by atoms with Crippen molar-refractivity contribution in [2.45, 2.75) is 0 Å². The van der Waals surface area contributed by atoms with Crippen LogP contribution in [0.2, 0.25) is 0 Å². The Hall–Kier alpha value is -6.26. The van der Waals surface area contributed by atoms with E-state index in [1.54, 1.807) is 0 Å². The molecule has 11 rings (SSSR count). The molecule has 0 aliphatic carbocycles. The van der Waals surface area contributed by atoms with Crippen molar-refractivity contribution < 1.29 is 0 Å². The summed E-state index contributed by atoms with van der Waals surface area (Å²) in [6.07, 6.45) is 0. The molecule has 3 heteroatoms. The molecule has 53 heavy (non-hydrogen) atoms. The van der Waals surface area contributed by atoms with Crippen LogP contribution in [0.15, 0.2) is 188 Å². The number of rotatable bonds is 5. The molecule has 0 radical (unpaired) electrons. The molecule has 248 valence electrons. The standard InChI is InChI=1S/C50H31NS2/c1-2-11-34(12-3-1)40-15-8-9-17-44(40)51(38-23-20-33(21-24-38)37-19-18-32-10-4-5-14-36(32)30-37)39-25-27-42-47(31-39)52-45-28-29-46-49(48(42)45)43-26-22-35-13-6-7-16-41(35)50(43)53-46/h1-31H. The molecule has 0 bridgehead atoms. The second kappa shape index (κ2) is 12.2. The Bertz CT molecular complexity index is 3170. The fourth-order valence-corrected chi connectivity index (χ4v) is 10.5. The lowest BCUT2D eigenvalue weighted by atomic mass is 9.99. The van der Waals surface area contributed by atoms with E-state index >= 15 is 0 Å². The predicted molar refractivity (Wildman–Crippen MR) is 233 cm³/mol. The van der Waals surface area contributed by atoms with E-state index in [1.807, 2.05) is 22.7 Å². The molecule has 9 aromatic carbocycles. The van der Waals surface area contributed by atoms with E-state index < -0.39 is 0 Å². The quantitative estimate of drug-likeness (QED) is 0.172. The first-order valence-electron chi connectivity index (χ1n) is 18.0. The van der Waals surface area contributed by atoms with Crippen LogP contribution >= 0.6 is 22.7 Å². The Morgan fingerprint density at radius 1 is 0.340 bits per heavy atom. The third-order valence-electron chi connectivity index (χ3n) is 10.6. The Kier molecular flexibility index (Phi) is 6.97. The fourth-order valence-electron chi connectivity index (χ4n) is 8.12. The topological polar surface area (TPSA) is 3.24 Å². The van der Waals surface area contributed by atoms with Crippen molar-refractivity contribution in [3.63, 3.8) is 0 Å². The first-order valence-corrected chi connectivity index (χ1v) is 19.6. The SMILES string of the molecule is c1ccc(-c2ccccc2N(c2ccc(-c3ccc4ccccc4c3)cc2)c2ccc3c(c2)sc2ccc4sc5c6ccccc6ccc5c4c23)cc1. The van der Waals surface area contributed by atoms with Crippen molar-refractivity contribution in [2.24, 2.45) is 0 Å². The molecule has 0 N–H and O–H groups in total. The molecule has 0 fully saturated rings. The highest BCUT2D eigenvalue weighted by atomic mass is 32.1. The van der Waals surface area contributed by atoms with Gasteiger partial charge in [-0.2, -0.15) is 0 Å².